The Morgan fingerprint density at radius 2 is 1.44 bits per heavy atom. The molecular weight excluding hydrogens is 716 g/mol. The zero-order chi connectivity index (χ0) is 38.6. The second-order valence-corrected chi connectivity index (χ2v) is 14.7. The Kier molecular flexibility index (Phi) is 9.57. The number of benzene rings is 2. The van der Waals surface area contributed by atoms with E-state index in [0.717, 1.165) is 64.0 Å². The fraction of sp³-hybridized carbons (Fsp3) is 0.410. The Labute approximate surface area is 315 Å². The Bertz CT molecular complexity index is 2340. The van der Waals surface area contributed by atoms with Crippen LogP contribution in [0.3, 0.4) is 0 Å². The van der Waals surface area contributed by atoms with Crippen LogP contribution in [0.25, 0.3) is 44.5 Å². The normalized spacial score (nSPS) is 18.6. The van der Waals surface area contributed by atoms with Crippen molar-refractivity contribution in [2.24, 2.45) is 7.05 Å². The predicted octanol–water partition coefficient (Wildman–Crippen LogP) is 7.24. The number of likely N-dealkylation sites (N-methyl/N-ethyl adjacent to an activating group) is 4. The van der Waals surface area contributed by atoms with Crippen LogP contribution in [0.2, 0.25) is 0 Å². The SMILES string of the molecule is CN1CCC[C@@H](N(C)c2nnc(-c3ccc(C(F)(F)F)cc3)c3c2nc(Oc2cc(F)ccc2-c2nnc(N(C)[C@@H]4CCCN(C)C4)c4occc24)n3C)C1. The number of furan rings is 1. The first-order valence-electron chi connectivity index (χ1n) is 18.3. The summed E-state index contributed by atoms with van der Waals surface area (Å²) in [6.07, 6.45) is 1.12. The first kappa shape index (κ1) is 36.6. The Morgan fingerprint density at radius 1 is 0.800 bits per heavy atom. The van der Waals surface area contributed by atoms with Crippen molar-refractivity contribution in [1.29, 1.82) is 0 Å². The molecule has 6 heterocycles. The molecule has 0 N–H and O–H groups in total. The third-order valence-electron chi connectivity index (χ3n) is 11.0. The summed E-state index contributed by atoms with van der Waals surface area (Å²) in [6, 6.07) is 11.2. The molecule has 0 aliphatic carbocycles. The third kappa shape index (κ3) is 6.92. The molecule has 288 valence electrons. The topological polar surface area (TPSA) is 105 Å². The molecule has 2 atom stereocenters. The molecule has 0 bridgehead atoms. The Balaban J connectivity index is 1.22. The van der Waals surface area contributed by atoms with Crippen molar-refractivity contribution in [1.82, 2.24) is 39.7 Å². The number of imidazole rings is 1. The van der Waals surface area contributed by atoms with Gasteiger partial charge in [-0.05, 0) is 83.2 Å². The van der Waals surface area contributed by atoms with Gasteiger partial charge in [0.2, 0.25) is 0 Å². The maximum absolute atomic E-state index is 15.1. The maximum atomic E-state index is 15.1. The van der Waals surface area contributed by atoms with E-state index in [1.807, 2.05) is 25.1 Å². The zero-order valence-corrected chi connectivity index (χ0v) is 31.3. The van der Waals surface area contributed by atoms with Gasteiger partial charge in [0.1, 0.15) is 34.0 Å². The first-order chi connectivity index (χ1) is 26.4. The van der Waals surface area contributed by atoms with Gasteiger partial charge in [-0.25, -0.2) is 4.39 Å². The lowest BCUT2D eigenvalue weighted by molar-refractivity contribution is -0.137. The van der Waals surface area contributed by atoms with Gasteiger partial charge < -0.3 is 28.8 Å². The smallest absolute Gasteiger partial charge is 0.416 e. The lowest BCUT2D eigenvalue weighted by Gasteiger charge is -2.36. The van der Waals surface area contributed by atoms with Gasteiger partial charge >= 0.3 is 12.2 Å². The summed E-state index contributed by atoms with van der Waals surface area (Å²) in [5.74, 6) is 0.694. The first-order valence-corrected chi connectivity index (χ1v) is 18.3. The highest BCUT2D eigenvalue weighted by atomic mass is 19.4. The number of piperidine rings is 2. The average Bonchev–Trinajstić information content (AvgIpc) is 3.79. The lowest BCUT2D eigenvalue weighted by Crippen LogP contribution is -2.45. The van der Waals surface area contributed by atoms with Gasteiger partial charge in [0, 0.05) is 63.5 Å². The molecule has 0 radical (unpaired) electrons. The van der Waals surface area contributed by atoms with Crippen LogP contribution < -0.4 is 14.5 Å². The van der Waals surface area contributed by atoms with E-state index in [9.17, 15) is 13.2 Å². The van der Waals surface area contributed by atoms with E-state index in [1.54, 1.807) is 23.9 Å². The summed E-state index contributed by atoms with van der Waals surface area (Å²) < 4.78 is 69.6. The second-order valence-electron chi connectivity index (χ2n) is 14.7. The Hall–Kier alpha value is -5.35. The molecule has 6 aromatic rings. The summed E-state index contributed by atoms with van der Waals surface area (Å²) in [6.45, 7) is 3.72. The number of ether oxygens (including phenoxy) is 1. The van der Waals surface area contributed by atoms with Gasteiger partial charge in [-0.3, -0.25) is 4.57 Å². The number of halogens is 4. The second kappa shape index (κ2) is 14.4. The van der Waals surface area contributed by atoms with Crippen LogP contribution in [-0.2, 0) is 13.2 Å². The van der Waals surface area contributed by atoms with Crippen LogP contribution in [0.5, 0.6) is 11.8 Å². The van der Waals surface area contributed by atoms with Crippen molar-refractivity contribution >= 4 is 33.6 Å². The van der Waals surface area contributed by atoms with Crippen molar-refractivity contribution in [2.75, 3.05) is 64.2 Å². The molecule has 8 rings (SSSR count). The van der Waals surface area contributed by atoms with Gasteiger partial charge in [-0.2, -0.15) is 18.2 Å². The number of nitrogens with zero attached hydrogens (tertiary/aromatic N) is 10. The van der Waals surface area contributed by atoms with Gasteiger partial charge in [0.25, 0.3) is 0 Å². The largest absolute Gasteiger partial charge is 0.460 e. The van der Waals surface area contributed by atoms with Crippen molar-refractivity contribution in [2.45, 2.75) is 43.9 Å². The van der Waals surface area contributed by atoms with Crippen LogP contribution in [0, 0.1) is 5.82 Å². The number of likely N-dealkylation sites (tertiary alicyclic amines) is 2. The number of hydrogen-bond acceptors (Lipinski definition) is 11. The number of hydrogen-bond donors (Lipinski definition) is 0. The van der Waals surface area contributed by atoms with Crippen molar-refractivity contribution in [3.63, 3.8) is 0 Å². The van der Waals surface area contributed by atoms with Crippen LogP contribution in [-0.4, -0.2) is 106 Å². The van der Waals surface area contributed by atoms with E-state index in [0.29, 0.717) is 56.2 Å². The summed E-state index contributed by atoms with van der Waals surface area (Å²) in [5.41, 5.74) is 2.34. The molecule has 4 aromatic heterocycles. The minimum Gasteiger partial charge on any atom is -0.460 e. The fourth-order valence-electron chi connectivity index (χ4n) is 7.86. The van der Waals surface area contributed by atoms with E-state index >= 15 is 4.39 Å². The van der Waals surface area contributed by atoms with Crippen LogP contribution in [0.4, 0.5) is 29.2 Å². The summed E-state index contributed by atoms with van der Waals surface area (Å²) in [5, 5.41) is 19.1. The molecule has 12 nitrogen and oxygen atoms in total. The molecule has 16 heteroatoms. The van der Waals surface area contributed by atoms with Gasteiger partial charge in [0.05, 0.1) is 17.2 Å². The molecule has 0 unspecified atom stereocenters. The van der Waals surface area contributed by atoms with E-state index in [2.05, 4.69) is 49.2 Å². The molecular formula is C39H42F4N10O2. The molecule has 0 spiro atoms. The van der Waals surface area contributed by atoms with E-state index in [4.69, 9.17) is 14.1 Å². The maximum Gasteiger partial charge on any atom is 0.416 e. The fourth-order valence-corrected chi connectivity index (χ4v) is 7.86. The molecule has 2 aliphatic rings. The number of alkyl halides is 3. The van der Waals surface area contributed by atoms with Crippen molar-refractivity contribution < 1.29 is 26.7 Å². The number of rotatable bonds is 8. The minimum absolute atomic E-state index is 0.0920. The summed E-state index contributed by atoms with van der Waals surface area (Å²) >= 11 is 0. The van der Waals surface area contributed by atoms with Crippen LogP contribution >= 0.6 is 0 Å². The van der Waals surface area contributed by atoms with E-state index in [1.165, 1.54) is 24.3 Å². The molecule has 2 saturated heterocycles. The highest BCUT2D eigenvalue weighted by Crippen LogP contribution is 2.41. The number of anilines is 2. The number of aromatic nitrogens is 6. The predicted molar refractivity (Wildman–Crippen MR) is 202 cm³/mol. The van der Waals surface area contributed by atoms with Crippen LogP contribution in [0.1, 0.15) is 31.2 Å². The lowest BCUT2D eigenvalue weighted by atomic mass is 10.0. The molecule has 2 aromatic carbocycles. The standard InChI is InChI=1S/C39H42F4N10O2/c1-49-17-6-8-26(21-49)51(3)36-33-34(31(45-47-36)23-10-12-24(13-11-23)39(41,42)43)53(5)38(44-33)55-30-20-25(40)14-15-28(30)32-29-16-19-54-35(29)37(48-46-32)52(4)27-9-7-18-50(2)22-27/h10-16,19-20,26-27H,6-9,17-18,21-22H2,1-5H3/t26-,27-/m1/s1. The van der Waals surface area contributed by atoms with Crippen molar-refractivity contribution in [3.05, 3.63) is 66.2 Å². The third-order valence-corrected chi connectivity index (χ3v) is 11.0. The van der Waals surface area contributed by atoms with Gasteiger partial charge in [0.15, 0.2) is 17.2 Å². The quantitative estimate of drug-likeness (QED) is 0.147. The number of aryl methyl sites for hydroxylation is 1. The zero-order valence-electron chi connectivity index (χ0n) is 31.3. The molecule has 2 aliphatic heterocycles. The minimum atomic E-state index is -4.50. The molecule has 55 heavy (non-hydrogen) atoms. The molecule has 2 fully saturated rings. The number of fused-ring (bicyclic) bond motifs is 2. The van der Waals surface area contributed by atoms with E-state index < -0.39 is 17.6 Å². The Morgan fingerprint density at radius 3 is 2.09 bits per heavy atom. The highest BCUT2D eigenvalue weighted by molar-refractivity contribution is 5.99. The van der Waals surface area contributed by atoms with Crippen molar-refractivity contribution in [3.8, 4) is 34.3 Å². The van der Waals surface area contributed by atoms with E-state index in [-0.39, 0.29) is 23.8 Å². The van der Waals surface area contributed by atoms with Gasteiger partial charge in [-0.1, -0.05) is 12.1 Å². The van der Waals surface area contributed by atoms with Crippen LogP contribution in [0.15, 0.2) is 59.2 Å². The monoisotopic (exact) mass is 758 g/mol. The molecule has 0 amide bonds. The summed E-state index contributed by atoms with van der Waals surface area (Å²) in [7, 11) is 9.83. The summed E-state index contributed by atoms with van der Waals surface area (Å²) in [4.78, 5) is 13.6. The van der Waals surface area contributed by atoms with Gasteiger partial charge in [-0.15, -0.1) is 20.4 Å². The average molecular weight is 759 g/mol. The molecule has 0 saturated carbocycles. The highest BCUT2D eigenvalue weighted by Gasteiger charge is 2.32.